The summed E-state index contributed by atoms with van der Waals surface area (Å²) in [6.07, 6.45) is 3.59. The van der Waals surface area contributed by atoms with Crippen molar-refractivity contribution in [3.05, 3.63) is 34.2 Å². The summed E-state index contributed by atoms with van der Waals surface area (Å²) in [5.74, 6) is 0.0602. The molecule has 0 radical (unpaired) electrons. The number of rotatable bonds is 9. The van der Waals surface area contributed by atoms with Crippen molar-refractivity contribution in [2.75, 3.05) is 24.7 Å². The van der Waals surface area contributed by atoms with E-state index in [2.05, 4.69) is 39.5 Å². The standard InChI is InChI=1S/C17H21N7O4S/c1-10(2)8-19-14-11-9-20-23(15(11)22-17(21-14)29-3)7-6-18-16(25)12-4-5-13(28-12)24(26)27/h4-5,9-10H,6-8H2,1-3H3,(H,18,25)(H,19,21,22). The first-order valence-corrected chi connectivity index (χ1v) is 10.2. The molecule has 0 aliphatic carbocycles. The fourth-order valence-corrected chi connectivity index (χ4v) is 2.90. The molecule has 0 aromatic carbocycles. The topological polar surface area (TPSA) is 141 Å². The number of furan rings is 1. The Morgan fingerprint density at radius 1 is 1.38 bits per heavy atom. The van der Waals surface area contributed by atoms with Crippen LogP contribution in [0.1, 0.15) is 24.4 Å². The molecule has 0 spiro atoms. The summed E-state index contributed by atoms with van der Waals surface area (Å²) in [7, 11) is 0. The number of aromatic nitrogens is 4. The minimum atomic E-state index is -0.694. The summed E-state index contributed by atoms with van der Waals surface area (Å²) < 4.78 is 6.57. The van der Waals surface area contributed by atoms with Crippen LogP contribution < -0.4 is 10.6 Å². The minimum Gasteiger partial charge on any atom is -0.395 e. The maximum Gasteiger partial charge on any atom is 0.433 e. The summed E-state index contributed by atoms with van der Waals surface area (Å²) in [4.78, 5) is 31.1. The van der Waals surface area contributed by atoms with Crippen molar-refractivity contribution in [2.24, 2.45) is 5.92 Å². The van der Waals surface area contributed by atoms with Gasteiger partial charge >= 0.3 is 5.88 Å². The Bertz CT molecular complexity index is 1030. The molecule has 11 nitrogen and oxygen atoms in total. The molecule has 3 aromatic heterocycles. The number of hydrogen-bond acceptors (Lipinski definition) is 9. The lowest BCUT2D eigenvalue weighted by molar-refractivity contribution is -0.402. The Morgan fingerprint density at radius 3 is 2.83 bits per heavy atom. The fourth-order valence-electron chi connectivity index (χ4n) is 2.54. The van der Waals surface area contributed by atoms with Crippen molar-refractivity contribution >= 4 is 40.4 Å². The van der Waals surface area contributed by atoms with Crippen molar-refractivity contribution in [3.63, 3.8) is 0 Å². The number of thioether (sulfide) groups is 1. The van der Waals surface area contributed by atoms with Gasteiger partial charge in [-0.15, -0.1) is 0 Å². The average Bonchev–Trinajstić information content (AvgIpc) is 3.33. The number of carbonyl (C=O) groups is 1. The van der Waals surface area contributed by atoms with Gasteiger partial charge in [0, 0.05) is 13.1 Å². The van der Waals surface area contributed by atoms with Gasteiger partial charge in [0.1, 0.15) is 10.7 Å². The van der Waals surface area contributed by atoms with Crippen molar-refractivity contribution < 1.29 is 14.1 Å². The number of anilines is 1. The van der Waals surface area contributed by atoms with Gasteiger partial charge in [-0.3, -0.25) is 14.9 Å². The first-order valence-electron chi connectivity index (χ1n) is 8.93. The van der Waals surface area contributed by atoms with E-state index in [0.717, 1.165) is 23.8 Å². The van der Waals surface area contributed by atoms with E-state index >= 15 is 0 Å². The highest BCUT2D eigenvalue weighted by atomic mass is 32.2. The molecule has 2 N–H and O–H groups in total. The van der Waals surface area contributed by atoms with Crippen LogP contribution in [-0.2, 0) is 6.54 Å². The molecule has 3 heterocycles. The molecular weight excluding hydrogens is 398 g/mol. The monoisotopic (exact) mass is 419 g/mol. The van der Waals surface area contributed by atoms with Crippen LogP contribution in [0.4, 0.5) is 11.7 Å². The Labute approximate surface area is 170 Å². The summed E-state index contributed by atoms with van der Waals surface area (Å²) in [5, 5.41) is 22.4. The van der Waals surface area contributed by atoms with Gasteiger partial charge in [-0.2, -0.15) is 5.10 Å². The zero-order valence-corrected chi connectivity index (χ0v) is 17.0. The minimum absolute atomic E-state index is 0.116. The molecule has 154 valence electrons. The molecule has 29 heavy (non-hydrogen) atoms. The molecule has 0 fully saturated rings. The normalized spacial score (nSPS) is 11.2. The number of nitrogens with zero attached hydrogens (tertiary/aromatic N) is 5. The Balaban J connectivity index is 1.70. The largest absolute Gasteiger partial charge is 0.433 e. The molecular formula is C17H21N7O4S. The highest BCUT2D eigenvalue weighted by Crippen LogP contribution is 2.23. The van der Waals surface area contributed by atoms with E-state index in [9.17, 15) is 14.9 Å². The van der Waals surface area contributed by atoms with Gasteiger partial charge in [-0.1, -0.05) is 25.6 Å². The van der Waals surface area contributed by atoms with Crippen LogP contribution in [0, 0.1) is 16.0 Å². The van der Waals surface area contributed by atoms with E-state index in [0.29, 0.717) is 23.3 Å². The summed E-state index contributed by atoms with van der Waals surface area (Å²) >= 11 is 1.43. The van der Waals surface area contributed by atoms with E-state index in [1.165, 1.54) is 17.8 Å². The zero-order valence-electron chi connectivity index (χ0n) is 16.2. The predicted octanol–water partition coefficient (Wildman–Crippen LogP) is 2.55. The predicted molar refractivity (Wildman–Crippen MR) is 108 cm³/mol. The number of nitrogens with one attached hydrogen (secondary N) is 2. The van der Waals surface area contributed by atoms with Gasteiger partial charge in [0.25, 0.3) is 5.91 Å². The molecule has 0 unspecified atom stereocenters. The number of fused-ring (bicyclic) bond motifs is 1. The lowest BCUT2D eigenvalue weighted by Gasteiger charge is -2.10. The van der Waals surface area contributed by atoms with E-state index in [4.69, 9.17) is 4.42 Å². The van der Waals surface area contributed by atoms with Crippen LogP contribution in [0.2, 0.25) is 0 Å². The number of carbonyl (C=O) groups excluding carboxylic acids is 1. The summed E-state index contributed by atoms with van der Waals surface area (Å²) in [5.41, 5.74) is 0.665. The Hall–Kier alpha value is -3.15. The van der Waals surface area contributed by atoms with Crippen molar-refractivity contribution in [1.29, 1.82) is 0 Å². The van der Waals surface area contributed by atoms with Crippen LogP contribution in [0.3, 0.4) is 0 Å². The molecule has 0 bridgehead atoms. The molecule has 0 aliphatic rings. The van der Waals surface area contributed by atoms with Gasteiger partial charge in [-0.25, -0.2) is 14.6 Å². The summed E-state index contributed by atoms with van der Waals surface area (Å²) in [6, 6.07) is 2.41. The van der Waals surface area contributed by atoms with Gasteiger partial charge in [-0.05, 0) is 18.2 Å². The van der Waals surface area contributed by atoms with Crippen LogP contribution in [0.5, 0.6) is 0 Å². The summed E-state index contributed by atoms with van der Waals surface area (Å²) in [6.45, 7) is 5.61. The van der Waals surface area contributed by atoms with Crippen LogP contribution >= 0.6 is 11.8 Å². The second kappa shape index (κ2) is 8.90. The highest BCUT2D eigenvalue weighted by Gasteiger charge is 2.17. The maximum atomic E-state index is 12.1. The third-order valence-corrected chi connectivity index (χ3v) is 4.49. The van der Waals surface area contributed by atoms with Crippen molar-refractivity contribution in [1.82, 2.24) is 25.1 Å². The van der Waals surface area contributed by atoms with Crippen LogP contribution in [0.25, 0.3) is 11.0 Å². The van der Waals surface area contributed by atoms with E-state index < -0.39 is 16.7 Å². The molecule has 12 heteroatoms. The SMILES string of the molecule is CSc1nc(NCC(C)C)c2cnn(CCNC(=O)c3ccc([N+](=O)[O-])o3)c2n1. The molecule has 0 atom stereocenters. The smallest absolute Gasteiger partial charge is 0.395 e. The molecule has 3 aromatic rings. The lowest BCUT2D eigenvalue weighted by Crippen LogP contribution is -2.27. The highest BCUT2D eigenvalue weighted by molar-refractivity contribution is 7.98. The van der Waals surface area contributed by atoms with E-state index in [1.807, 2.05) is 6.26 Å². The van der Waals surface area contributed by atoms with Crippen LogP contribution in [-0.4, -0.2) is 49.9 Å². The number of hydrogen-bond donors (Lipinski definition) is 2. The van der Waals surface area contributed by atoms with Gasteiger partial charge < -0.3 is 15.1 Å². The Morgan fingerprint density at radius 2 is 2.17 bits per heavy atom. The second-order valence-corrected chi connectivity index (χ2v) is 7.36. The average molecular weight is 419 g/mol. The quantitative estimate of drug-likeness (QED) is 0.231. The van der Waals surface area contributed by atoms with Gasteiger partial charge in [0.2, 0.25) is 0 Å². The van der Waals surface area contributed by atoms with E-state index in [1.54, 1.807) is 10.9 Å². The Kier molecular flexibility index (Phi) is 6.32. The van der Waals surface area contributed by atoms with Crippen LogP contribution in [0.15, 0.2) is 27.9 Å². The fraction of sp³-hybridized carbons (Fsp3) is 0.412. The third-order valence-electron chi connectivity index (χ3n) is 3.94. The third kappa shape index (κ3) is 4.83. The zero-order chi connectivity index (χ0) is 21.0. The molecule has 0 saturated carbocycles. The molecule has 0 saturated heterocycles. The molecule has 3 rings (SSSR count). The van der Waals surface area contributed by atoms with Crippen molar-refractivity contribution in [2.45, 2.75) is 25.5 Å². The van der Waals surface area contributed by atoms with Gasteiger partial charge in [0.15, 0.2) is 16.6 Å². The number of amides is 1. The molecule has 0 aliphatic heterocycles. The van der Waals surface area contributed by atoms with E-state index in [-0.39, 0.29) is 12.3 Å². The maximum absolute atomic E-state index is 12.1. The molecule has 1 amide bonds. The first-order chi connectivity index (χ1) is 13.9. The lowest BCUT2D eigenvalue weighted by atomic mass is 10.2. The van der Waals surface area contributed by atoms with Crippen molar-refractivity contribution in [3.8, 4) is 0 Å². The number of nitro groups is 1. The second-order valence-electron chi connectivity index (χ2n) is 6.59. The first kappa shape index (κ1) is 20.6. The van der Waals surface area contributed by atoms with Gasteiger partial charge in [0.05, 0.1) is 24.2 Å².